The molecule has 0 aliphatic carbocycles. The van der Waals surface area contributed by atoms with E-state index in [2.05, 4.69) is 4.90 Å². The van der Waals surface area contributed by atoms with Gasteiger partial charge in [0, 0.05) is 25.7 Å². The highest BCUT2D eigenvalue weighted by Crippen LogP contribution is 2.39. The highest BCUT2D eigenvalue weighted by atomic mass is 16.5. The summed E-state index contributed by atoms with van der Waals surface area (Å²) in [4.78, 5) is 15.0. The number of rotatable bonds is 7. The number of allylic oxidation sites excluding steroid dienone is 1. The molecule has 0 bridgehead atoms. The van der Waals surface area contributed by atoms with E-state index in [-0.39, 0.29) is 22.8 Å². The molecule has 1 aliphatic rings. The SMILES string of the molecule is COc1cc(OC)c(C(=O)/C=C/c2ccccc2)c(O)c1CN1CCOCC1. The second kappa shape index (κ2) is 9.39. The summed E-state index contributed by atoms with van der Waals surface area (Å²) in [5.41, 5.74) is 1.61. The molecule has 0 spiro atoms. The fraction of sp³-hybridized carbons (Fsp3) is 0.318. The van der Waals surface area contributed by atoms with Crippen LogP contribution < -0.4 is 9.47 Å². The molecular weight excluding hydrogens is 358 g/mol. The molecule has 0 radical (unpaired) electrons. The number of benzene rings is 2. The van der Waals surface area contributed by atoms with Crippen molar-refractivity contribution in [3.63, 3.8) is 0 Å². The van der Waals surface area contributed by atoms with Gasteiger partial charge in [-0.3, -0.25) is 9.69 Å². The fourth-order valence-corrected chi connectivity index (χ4v) is 3.20. The van der Waals surface area contributed by atoms with E-state index in [0.29, 0.717) is 31.1 Å². The number of ketones is 1. The van der Waals surface area contributed by atoms with E-state index in [1.807, 2.05) is 30.3 Å². The molecule has 0 saturated carbocycles. The van der Waals surface area contributed by atoms with E-state index in [4.69, 9.17) is 14.2 Å². The van der Waals surface area contributed by atoms with Gasteiger partial charge in [0.15, 0.2) is 5.78 Å². The number of carbonyl (C=O) groups is 1. The molecule has 6 heteroatoms. The first-order chi connectivity index (χ1) is 13.6. The lowest BCUT2D eigenvalue weighted by molar-refractivity contribution is 0.0335. The maximum absolute atomic E-state index is 12.9. The molecule has 1 fully saturated rings. The molecule has 1 heterocycles. The minimum Gasteiger partial charge on any atom is -0.507 e. The van der Waals surface area contributed by atoms with Crippen LogP contribution >= 0.6 is 0 Å². The highest BCUT2D eigenvalue weighted by Gasteiger charge is 2.25. The van der Waals surface area contributed by atoms with Crippen LogP contribution in [0.15, 0.2) is 42.5 Å². The molecule has 0 unspecified atom stereocenters. The van der Waals surface area contributed by atoms with Crippen LogP contribution in [0, 0.1) is 0 Å². The predicted molar refractivity (Wildman–Crippen MR) is 107 cm³/mol. The normalized spacial score (nSPS) is 14.9. The number of methoxy groups -OCH3 is 2. The second-order valence-electron chi connectivity index (χ2n) is 6.48. The van der Waals surface area contributed by atoms with Crippen molar-refractivity contribution in [1.82, 2.24) is 4.90 Å². The summed E-state index contributed by atoms with van der Waals surface area (Å²) in [5.74, 6) is 0.335. The Morgan fingerprint density at radius 1 is 1.14 bits per heavy atom. The summed E-state index contributed by atoms with van der Waals surface area (Å²) in [5, 5.41) is 10.9. The van der Waals surface area contributed by atoms with Crippen LogP contribution in [0.4, 0.5) is 0 Å². The van der Waals surface area contributed by atoms with Crippen molar-refractivity contribution in [2.45, 2.75) is 6.54 Å². The maximum atomic E-state index is 12.9. The first-order valence-electron chi connectivity index (χ1n) is 9.18. The number of hydrogen-bond donors (Lipinski definition) is 1. The van der Waals surface area contributed by atoms with Crippen molar-refractivity contribution in [1.29, 1.82) is 0 Å². The lowest BCUT2D eigenvalue weighted by atomic mass is 10.0. The number of nitrogens with zero attached hydrogens (tertiary/aromatic N) is 1. The topological polar surface area (TPSA) is 68.2 Å². The van der Waals surface area contributed by atoms with Crippen molar-refractivity contribution in [2.24, 2.45) is 0 Å². The molecule has 148 valence electrons. The van der Waals surface area contributed by atoms with E-state index in [1.54, 1.807) is 12.1 Å². The lowest BCUT2D eigenvalue weighted by Crippen LogP contribution is -2.35. The average molecular weight is 383 g/mol. The molecule has 0 aromatic heterocycles. The third kappa shape index (κ3) is 4.52. The smallest absolute Gasteiger partial charge is 0.193 e. The Hall–Kier alpha value is -2.83. The standard InChI is InChI=1S/C22H25NO5/c1-26-19-14-20(27-2)21(18(24)9-8-16-6-4-3-5-7-16)22(25)17(19)15-23-10-12-28-13-11-23/h3-9,14,25H,10-13,15H2,1-2H3/b9-8+. The van der Waals surface area contributed by atoms with Crippen LogP contribution in [0.25, 0.3) is 6.08 Å². The Balaban J connectivity index is 1.95. The number of aromatic hydroxyl groups is 1. The molecule has 1 aliphatic heterocycles. The van der Waals surface area contributed by atoms with E-state index in [9.17, 15) is 9.90 Å². The number of carbonyl (C=O) groups excluding carboxylic acids is 1. The summed E-state index contributed by atoms with van der Waals surface area (Å²) < 4.78 is 16.2. The van der Waals surface area contributed by atoms with Crippen molar-refractivity contribution in [2.75, 3.05) is 40.5 Å². The third-order valence-corrected chi connectivity index (χ3v) is 4.73. The van der Waals surface area contributed by atoms with E-state index in [0.717, 1.165) is 18.7 Å². The molecule has 28 heavy (non-hydrogen) atoms. The van der Waals surface area contributed by atoms with E-state index < -0.39 is 0 Å². The maximum Gasteiger partial charge on any atom is 0.193 e. The van der Waals surface area contributed by atoms with Crippen molar-refractivity contribution >= 4 is 11.9 Å². The van der Waals surface area contributed by atoms with Gasteiger partial charge in [-0.05, 0) is 11.6 Å². The zero-order valence-corrected chi connectivity index (χ0v) is 16.2. The fourth-order valence-electron chi connectivity index (χ4n) is 3.20. The second-order valence-corrected chi connectivity index (χ2v) is 6.48. The molecule has 2 aromatic carbocycles. The number of phenolic OH excluding ortho intramolecular Hbond substituents is 1. The van der Waals surface area contributed by atoms with Crippen LogP contribution in [0.2, 0.25) is 0 Å². The van der Waals surface area contributed by atoms with Gasteiger partial charge in [0.25, 0.3) is 0 Å². The van der Waals surface area contributed by atoms with Crippen LogP contribution in [0.5, 0.6) is 17.2 Å². The van der Waals surface area contributed by atoms with Crippen molar-refractivity contribution in [3.05, 3.63) is 59.2 Å². The first kappa shape index (κ1) is 19.9. The van der Waals surface area contributed by atoms with Gasteiger partial charge in [0.1, 0.15) is 22.8 Å². The van der Waals surface area contributed by atoms with Crippen LogP contribution in [-0.2, 0) is 11.3 Å². The van der Waals surface area contributed by atoms with Gasteiger partial charge in [-0.25, -0.2) is 0 Å². The number of phenols is 1. The van der Waals surface area contributed by atoms with Gasteiger partial charge in [0.2, 0.25) is 0 Å². The van der Waals surface area contributed by atoms with Crippen LogP contribution in [0.1, 0.15) is 21.5 Å². The molecule has 1 saturated heterocycles. The van der Waals surface area contributed by atoms with E-state index >= 15 is 0 Å². The van der Waals surface area contributed by atoms with Gasteiger partial charge in [-0.1, -0.05) is 36.4 Å². The van der Waals surface area contributed by atoms with Gasteiger partial charge in [-0.15, -0.1) is 0 Å². The summed E-state index contributed by atoms with van der Waals surface area (Å²) in [6.45, 7) is 3.26. The van der Waals surface area contributed by atoms with Crippen LogP contribution in [-0.4, -0.2) is 56.3 Å². The van der Waals surface area contributed by atoms with E-state index in [1.165, 1.54) is 20.3 Å². The van der Waals surface area contributed by atoms with Crippen molar-refractivity contribution < 1.29 is 24.1 Å². The number of ether oxygens (including phenoxy) is 3. The average Bonchev–Trinajstić information content (AvgIpc) is 2.74. The van der Waals surface area contributed by atoms with Crippen molar-refractivity contribution in [3.8, 4) is 17.2 Å². The molecule has 1 N–H and O–H groups in total. The lowest BCUT2D eigenvalue weighted by Gasteiger charge is -2.28. The molecular formula is C22H25NO5. The molecule has 0 amide bonds. The van der Waals surface area contributed by atoms with Gasteiger partial charge >= 0.3 is 0 Å². The molecule has 2 aromatic rings. The minimum absolute atomic E-state index is 0.106. The Labute approximate surface area is 164 Å². The van der Waals surface area contributed by atoms with Gasteiger partial charge in [-0.2, -0.15) is 0 Å². The molecule has 0 atom stereocenters. The summed E-state index contributed by atoms with van der Waals surface area (Å²) in [7, 11) is 3.00. The Morgan fingerprint density at radius 3 is 2.46 bits per heavy atom. The zero-order valence-electron chi connectivity index (χ0n) is 16.2. The summed E-state index contributed by atoms with van der Waals surface area (Å²) >= 11 is 0. The Morgan fingerprint density at radius 2 is 1.82 bits per heavy atom. The zero-order chi connectivity index (χ0) is 19.9. The summed E-state index contributed by atoms with van der Waals surface area (Å²) in [6, 6.07) is 11.2. The first-order valence-corrected chi connectivity index (χ1v) is 9.18. The predicted octanol–water partition coefficient (Wildman–Crippen LogP) is 3.14. The van der Waals surface area contributed by atoms with Crippen LogP contribution in [0.3, 0.4) is 0 Å². The quantitative estimate of drug-likeness (QED) is 0.585. The molecule has 3 rings (SSSR count). The number of morpholine rings is 1. The number of hydrogen-bond acceptors (Lipinski definition) is 6. The Kier molecular flexibility index (Phi) is 6.68. The summed E-state index contributed by atoms with van der Waals surface area (Å²) in [6.07, 6.45) is 3.16. The molecule has 6 nitrogen and oxygen atoms in total. The monoisotopic (exact) mass is 383 g/mol. The highest BCUT2D eigenvalue weighted by molar-refractivity contribution is 6.11. The van der Waals surface area contributed by atoms with Gasteiger partial charge in [0.05, 0.1) is 33.0 Å². The largest absolute Gasteiger partial charge is 0.507 e. The minimum atomic E-state index is -0.330. The third-order valence-electron chi connectivity index (χ3n) is 4.73. The Bertz CT molecular complexity index is 842. The van der Waals surface area contributed by atoms with Gasteiger partial charge < -0.3 is 19.3 Å².